The van der Waals surface area contributed by atoms with Gasteiger partial charge in [0.15, 0.2) is 0 Å². The lowest BCUT2D eigenvalue weighted by atomic mass is 10.2. The number of ether oxygens (including phenoxy) is 1. The minimum Gasteiger partial charge on any atom is -0.462 e. The Bertz CT molecular complexity index is 629. The SMILES string of the molecule is CCOC(=O)c1ccc(NCc2cc(Cl)ccc2F)cc1. The number of hydrogen-bond donors (Lipinski definition) is 1. The van der Waals surface area contributed by atoms with Crippen molar-refractivity contribution in [3.8, 4) is 0 Å². The van der Waals surface area contributed by atoms with E-state index in [4.69, 9.17) is 16.3 Å². The summed E-state index contributed by atoms with van der Waals surface area (Å²) in [6.45, 7) is 2.41. The summed E-state index contributed by atoms with van der Waals surface area (Å²) < 4.78 is 18.5. The molecule has 0 radical (unpaired) electrons. The highest BCUT2D eigenvalue weighted by molar-refractivity contribution is 6.30. The van der Waals surface area contributed by atoms with Crippen LogP contribution >= 0.6 is 11.6 Å². The molecular weight excluding hydrogens is 293 g/mol. The molecule has 2 aromatic rings. The number of rotatable bonds is 5. The molecule has 0 atom stereocenters. The quantitative estimate of drug-likeness (QED) is 0.838. The summed E-state index contributed by atoms with van der Waals surface area (Å²) in [7, 11) is 0. The molecule has 2 aromatic carbocycles. The van der Waals surface area contributed by atoms with Crippen LogP contribution in [-0.2, 0) is 11.3 Å². The van der Waals surface area contributed by atoms with Crippen molar-refractivity contribution in [2.75, 3.05) is 11.9 Å². The lowest BCUT2D eigenvalue weighted by molar-refractivity contribution is 0.0526. The van der Waals surface area contributed by atoms with E-state index in [0.717, 1.165) is 5.69 Å². The summed E-state index contributed by atoms with van der Waals surface area (Å²) in [6, 6.07) is 11.2. The molecule has 0 bridgehead atoms. The van der Waals surface area contributed by atoms with E-state index in [2.05, 4.69) is 5.32 Å². The topological polar surface area (TPSA) is 38.3 Å². The van der Waals surface area contributed by atoms with Crippen molar-refractivity contribution in [1.29, 1.82) is 0 Å². The average Bonchev–Trinajstić information content (AvgIpc) is 2.49. The van der Waals surface area contributed by atoms with Gasteiger partial charge in [-0.1, -0.05) is 11.6 Å². The highest BCUT2D eigenvalue weighted by Gasteiger charge is 2.06. The Morgan fingerprint density at radius 2 is 1.95 bits per heavy atom. The lowest BCUT2D eigenvalue weighted by Gasteiger charge is -2.08. The fourth-order valence-corrected chi connectivity index (χ4v) is 2.01. The first-order chi connectivity index (χ1) is 10.1. The molecule has 21 heavy (non-hydrogen) atoms. The molecular formula is C16H15ClFNO2. The van der Waals surface area contributed by atoms with Crippen LogP contribution in [0.3, 0.4) is 0 Å². The Labute approximate surface area is 127 Å². The molecule has 0 aliphatic carbocycles. The molecule has 0 saturated heterocycles. The van der Waals surface area contributed by atoms with Gasteiger partial charge in [-0.15, -0.1) is 0 Å². The standard InChI is InChI=1S/C16H15ClFNO2/c1-2-21-16(20)11-3-6-14(7-4-11)19-10-12-9-13(17)5-8-15(12)18/h3-9,19H,2,10H2,1H3. The Morgan fingerprint density at radius 1 is 1.24 bits per heavy atom. The smallest absolute Gasteiger partial charge is 0.338 e. The summed E-state index contributed by atoms with van der Waals surface area (Å²) in [5.41, 5.74) is 1.75. The third-order valence-electron chi connectivity index (χ3n) is 2.89. The maximum atomic E-state index is 13.6. The Kier molecular flexibility index (Phi) is 5.17. The van der Waals surface area contributed by atoms with Gasteiger partial charge in [-0.3, -0.25) is 0 Å². The van der Waals surface area contributed by atoms with Gasteiger partial charge < -0.3 is 10.1 Å². The summed E-state index contributed by atoms with van der Waals surface area (Å²) in [6.07, 6.45) is 0. The summed E-state index contributed by atoms with van der Waals surface area (Å²) >= 11 is 5.84. The first-order valence-electron chi connectivity index (χ1n) is 6.55. The van der Waals surface area contributed by atoms with Crippen molar-refractivity contribution in [2.45, 2.75) is 13.5 Å². The maximum Gasteiger partial charge on any atom is 0.338 e. The lowest BCUT2D eigenvalue weighted by Crippen LogP contribution is -2.05. The van der Waals surface area contributed by atoms with E-state index in [1.807, 2.05) is 0 Å². The molecule has 0 aromatic heterocycles. The second kappa shape index (κ2) is 7.09. The first kappa shape index (κ1) is 15.3. The minimum absolute atomic E-state index is 0.310. The van der Waals surface area contributed by atoms with Crippen molar-refractivity contribution >= 4 is 23.3 Å². The molecule has 2 rings (SSSR count). The van der Waals surface area contributed by atoms with Crippen LogP contribution in [-0.4, -0.2) is 12.6 Å². The highest BCUT2D eigenvalue weighted by atomic mass is 35.5. The highest BCUT2D eigenvalue weighted by Crippen LogP contribution is 2.17. The summed E-state index contributed by atoms with van der Waals surface area (Å²) in [4.78, 5) is 11.5. The molecule has 110 valence electrons. The fraction of sp³-hybridized carbons (Fsp3) is 0.188. The number of halogens is 2. The molecule has 0 aliphatic rings. The van der Waals surface area contributed by atoms with E-state index in [0.29, 0.717) is 29.3 Å². The number of nitrogens with one attached hydrogen (secondary N) is 1. The minimum atomic E-state index is -0.357. The number of esters is 1. The second-order valence-corrected chi connectivity index (χ2v) is 4.82. The zero-order chi connectivity index (χ0) is 15.2. The van der Waals surface area contributed by atoms with Crippen LogP contribution in [0.2, 0.25) is 5.02 Å². The van der Waals surface area contributed by atoms with Crippen LogP contribution in [0.5, 0.6) is 0 Å². The Morgan fingerprint density at radius 3 is 2.62 bits per heavy atom. The number of hydrogen-bond acceptors (Lipinski definition) is 3. The molecule has 0 saturated carbocycles. The zero-order valence-corrected chi connectivity index (χ0v) is 12.3. The van der Waals surface area contributed by atoms with Crippen molar-refractivity contribution in [3.05, 3.63) is 64.4 Å². The Hall–Kier alpha value is -2.07. The van der Waals surface area contributed by atoms with E-state index in [-0.39, 0.29) is 11.8 Å². The van der Waals surface area contributed by atoms with Crippen molar-refractivity contribution in [2.24, 2.45) is 0 Å². The summed E-state index contributed by atoms with van der Waals surface area (Å²) in [5.74, 6) is -0.667. The molecule has 0 aliphatic heterocycles. The molecule has 1 N–H and O–H groups in total. The predicted octanol–water partition coefficient (Wildman–Crippen LogP) is 4.27. The van der Waals surface area contributed by atoms with E-state index in [9.17, 15) is 9.18 Å². The Balaban J connectivity index is 2.00. The van der Waals surface area contributed by atoms with Crippen LogP contribution in [0.1, 0.15) is 22.8 Å². The molecule has 3 nitrogen and oxygen atoms in total. The van der Waals surface area contributed by atoms with Gasteiger partial charge in [-0.05, 0) is 49.4 Å². The van der Waals surface area contributed by atoms with E-state index in [1.165, 1.54) is 12.1 Å². The van der Waals surface area contributed by atoms with Crippen LogP contribution in [0.25, 0.3) is 0 Å². The molecule has 5 heteroatoms. The maximum absolute atomic E-state index is 13.6. The average molecular weight is 308 g/mol. The van der Waals surface area contributed by atoms with Crippen molar-refractivity contribution in [3.63, 3.8) is 0 Å². The van der Waals surface area contributed by atoms with Crippen LogP contribution in [0, 0.1) is 5.82 Å². The van der Waals surface area contributed by atoms with Gasteiger partial charge in [0.2, 0.25) is 0 Å². The normalized spacial score (nSPS) is 10.2. The van der Waals surface area contributed by atoms with Gasteiger partial charge in [0.1, 0.15) is 5.82 Å². The summed E-state index contributed by atoms with van der Waals surface area (Å²) in [5, 5.41) is 3.57. The molecule has 0 spiro atoms. The van der Waals surface area contributed by atoms with E-state index in [1.54, 1.807) is 37.3 Å². The van der Waals surface area contributed by atoms with Gasteiger partial charge >= 0.3 is 5.97 Å². The molecule has 0 fully saturated rings. The van der Waals surface area contributed by atoms with Crippen LogP contribution < -0.4 is 5.32 Å². The van der Waals surface area contributed by atoms with Gasteiger partial charge in [0.05, 0.1) is 12.2 Å². The first-order valence-corrected chi connectivity index (χ1v) is 6.93. The van der Waals surface area contributed by atoms with Gasteiger partial charge in [-0.25, -0.2) is 9.18 Å². The third-order valence-corrected chi connectivity index (χ3v) is 3.12. The number of benzene rings is 2. The van der Waals surface area contributed by atoms with Crippen LogP contribution in [0.4, 0.5) is 10.1 Å². The molecule has 0 unspecified atom stereocenters. The third kappa shape index (κ3) is 4.20. The van der Waals surface area contributed by atoms with Crippen molar-refractivity contribution < 1.29 is 13.9 Å². The number of carbonyl (C=O) groups is 1. The fourth-order valence-electron chi connectivity index (χ4n) is 1.81. The second-order valence-electron chi connectivity index (χ2n) is 4.39. The zero-order valence-electron chi connectivity index (χ0n) is 11.5. The van der Waals surface area contributed by atoms with Crippen molar-refractivity contribution in [1.82, 2.24) is 0 Å². The van der Waals surface area contributed by atoms with Gasteiger partial charge in [0, 0.05) is 22.8 Å². The van der Waals surface area contributed by atoms with E-state index >= 15 is 0 Å². The predicted molar refractivity (Wildman–Crippen MR) is 81.1 cm³/mol. The monoisotopic (exact) mass is 307 g/mol. The molecule has 0 heterocycles. The van der Waals surface area contributed by atoms with Crippen LogP contribution in [0.15, 0.2) is 42.5 Å². The number of anilines is 1. The largest absolute Gasteiger partial charge is 0.462 e. The van der Waals surface area contributed by atoms with Gasteiger partial charge in [-0.2, -0.15) is 0 Å². The van der Waals surface area contributed by atoms with E-state index < -0.39 is 0 Å². The molecule has 0 amide bonds. The number of carbonyl (C=O) groups excluding carboxylic acids is 1. The van der Waals surface area contributed by atoms with Gasteiger partial charge in [0.25, 0.3) is 0 Å².